The molecular formula is C20H23N3O3. The number of carbonyl (C=O) groups excluding carboxylic acids is 2. The number of anilines is 1. The third-order valence-electron chi connectivity index (χ3n) is 4.64. The summed E-state index contributed by atoms with van der Waals surface area (Å²) in [6.45, 7) is 7.68. The van der Waals surface area contributed by atoms with Crippen molar-refractivity contribution in [1.29, 1.82) is 0 Å². The van der Waals surface area contributed by atoms with Gasteiger partial charge in [0.2, 0.25) is 5.88 Å². The Bertz CT molecular complexity index is 764. The lowest BCUT2D eigenvalue weighted by Crippen LogP contribution is -2.40. The number of pyridine rings is 1. The van der Waals surface area contributed by atoms with E-state index in [1.807, 2.05) is 0 Å². The molecule has 6 heteroatoms. The third-order valence-corrected chi connectivity index (χ3v) is 4.64. The highest BCUT2D eigenvalue weighted by Crippen LogP contribution is 2.31. The van der Waals surface area contributed by atoms with Gasteiger partial charge >= 0.3 is 0 Å². The highest BCUT2D eigenvalue weighted by atomic mass is 16.5. The number of hydrogen-bond acceptors (Lipinski definition) is 4. The maximum absolute atomic E-state index is 12.5. The third kappa shape index (κ3) is 3.85. The molecule has 0 bridgehead atoms. The van der Waals surface area contributed by atoms with Gasteiger partial charge in [0, 0.05) is 12.2 Å². The van der Waals surface area contributed by atoms with Gasteiger partial charge in [0.05, 0.1) is 12.1 Å². The number of ether oxygens (including phenoxy) is 1. The molecule has 0 saturated heterocycles. The van der Waals surface area contributed by atoms with Crippen LogP contribution in [0.2, 0.25) is 0 Å². The Morgan fingerprint density at radius 2 is 2.15 bits per heavy atom. The summed E-state index contributed by atoms with van der Waals surface area (Å²) >= 11 is 0. The van der Waals surface area contributed by atoms with Crippen molar-refractivity contribution < 1.29 is 14.3 Å². The van der Waals surface area contributed by atoms with E-state index in [0.29, 0.717) is 23.7 Å². The topological polar surface area (TPSA) is 71.5 Å². The fourth-order valence-electron chi connectivity index (χ4n) is 3.24. The standard InChI is InChI=1S/C20H23N3O3/c1-3-7-14(4-2)12-23-17-10-15(11-21-20(17)26-13-18(23)24)19(25)22-16-8-5-6-9-16/h3-4,7,10-11,16H,1-2,5-6,8-9,12-13H2,(H,22,25)/b14-7+. The molecular weight excluding hydrogens is 330 g/mol. The van der Waals surface area contributed by atoms with Crippen LogP contribution in [0, 0.1) is 0 Å². The van der Waals surface area contributed by atoms with Crippen LogP contribution in [-0.4, -0.2) is 36.0 Å². The first-order valence-electron chi connectivity index (χ1n) is 8.80. The Balaban J connectivity index is 1.85. The Hall–Kier alpha value is -2.89. The Morgan fingerprint density at radius 1 is 1.38 bits per heavy atom. The summed E-state index contributed by atoms with van der Waals surface area (Å²) < 4.78 is 5.41. The van der Waals surface area contributed by atoms with E-state index in [1.165, 1.54) is 6.20 Å². The predicted octanol–water partition coefficient (Wildman–Crippen LogP) is 2.78. The molecule has 0 spiro atoms. The number of nitrogens with zero attached hydrogens (tertiary/aromatic N) is 2. The summed E-state index contributed by atoms with van der Waals surface area (Å²) in [7, 11) is 0. The van der Waals surface area contributed by atoms with Crippen LogP contribution in [0.1, 0.15) is 36.0 Å². The van der Waals surface area contributed by atoms with Crippen LogP contribution < -0.4 is 15.0 Å². The first-order valence-corrected chi connectivity index (χ1v) is 8.80. The quantitative estimate of drug-likeness (QED) is 0.798. The second-order valence-electron chi connectivity index (χ2n) is 6.45. The van der Waals surface area contributed by atoms with Gasteiger partial charge in [-0.2, -0.15) is 0 Å². The van der Waals surface area contributed by atoms with Crippen molar-refractivity contribution in [1.82, 2.24) is 10.3 Å². The normalized spacial score (nSPS) is 17.5. The zero-order valence-electron chi connectivity index (χ0n) is 14.7. The van der Waals surface area contributed by atoms with Crippen LogP contribution >= 0.6 is 0 Å². The lowest BCUT2D eigenvalue weighted by Gasteiger charge is -2.29. The second kappa shape index (κ2) is 7.99. The molecule has 1 fully saturated rings. The summed E-state index contributed by atoms with van der Waals surface area (Å²) in [4.78, 5) is 30.7. The molecule has 6 nitrogen and oxygen atoms in total. The minimum atomic E-state index is -0.190. The highest BCUT2D eigenvalue weighted by Gasteiger charge is 2.28. The van der Waals surface area contributed by atoms with Gasteiger partial charge in [0.1, 0.15) is 5.69 Å². The number of rotatable bonds is 6. The molecule has 136 valence electrons. The molecule has 0 unspecified atom stereocenters. The minimum absolute atomic E-state index is 0.0773. The molecule has 2 heterocycles. The van der Waals surface area contributed by atoms with Crippen LogP contribution in [0.15, 0.2) is 49.2 Å². The molecule has 1 aliphatic carbocycles. The van der Waals surface area contributed by atoms with Crippen LogP contribution in [0.4, 0.5) is 5.69 Å². The van der Waals surface area contributed by atoms with Crippen molar-refractivity contribution in [2.45, 2.75) is 31.7 Å². The molecule has 1 aliphatic heterocycles. The van der Waals surface area contributed by atoms with Crippen molar-refractivity contribution in [3.8, 4) is 5.88 Å². The van der Waals surface area contributed by atoms with E-state index in [-0.39, 0.29) is 24.5 Å². The molecule has 0 aromatic carbocycles. The monoisotopic (exact) mass is 353 g/mol. The van der Waals surface area contributed by atoms with Crippen LogP contribution in [-0.2, 0) is 4.79 Å². The second-order valence-corrected chi connectivity index (χ2v) is 6.45. The lowest BCUT2D eigenvalue weighted by molar-refractivity contribution is -0.121. The number of amides is 2. The van der Waals surface area contributed by atoms with E-state index in [2.05, 4.69) is 23.5 Å². The summed E-state index contributed by atoms with van der Waals surface area (Å²) in [5.41, 5.74) is 1.76. The van der Waals surface area contributed by atoms with Gasteiger partial charge in [0.25, 0.3) is 11.8 Å². The smallest absolute Gasteiger partial charge is 0.265 e. The van der Waals surface area contributed by atoms with Gasteiger partial charge in [-0.15, -0.1) is 0 Å². The number of aromatic nitrogens is 1. The zero-order valence-corrected chi connectivity index (χ0v) is 14.7. The Kier molecular flexibility index (Phi) is 5.51. The first kappa shape index (κ1) is 17.9. The molecule has 2 amide bonds. The fraction of sp³-hybridized carbons (Fsp3) is 0.350. The number of nitrogens with one attached hydrogen (secondary N) is 1. The van der Waals surface area contributed by atoms with E-state index >= 15 is 0 Å². The molecule has 0 atom stereocenters. The maximum Gasteiger partial charge on any atom is 0.265 e. The largest absolute Gasteiger partial charge is 0.466 e. The van der Waals surface area contributed by atoms with Crippen LogP contribution in [0.5, 0.6) is 5.88 Å². The molecule has 26 heavy (non-hydrogen) atoms. The summed E-state index contributed by atoms with van der Waals surface area (Å²) in [5, 5.41) is 3.04. The number of hydrogen-bond donors (Lipinski definition) is 1. The summed E-state index contributed by atoms with van der Waals surface area (Å²) in [6, 6.07) is 1.88. The van der Waals surface area contributed by atoms with Crippen molar-refractivity contribution in [3.63, 3.8) is 0 Å². The summed E-state index contributed by atoms with van der Waals surface area (Å²) in [6.07, 6.45) is 10.9. The van der Waals surface area contributed by atoms with E-state index in [1.54, 1.807) is 29.2 Å². The summed E-state index contributed by atoms with van der Waals surface area (Å²) in [5.74, 6) is -0.00996. The van der Waals surface area contributed by atoms with Gasteiger partial charge < -0.3 is 15.0 Å². The molecule has 1 saturated carbocycles. The molecule has 1 aromatic rings. The fourth-order valence-corrected chi connectivity index (χ4v) is 3.24. The van der Waals surface area contributed by atoms with Gasteiger partial charge in [-0.05, 0) is 24.5 Å². The molecule has 3 rings (SSSR count). The number of fused-ring (bicyclic) bond motifs is 1. The van der Waals surface area contributed by atoms with Crippen molar-refractivity contribution in [2.24, 2.45) is 0 Å². The molecule has 1 aromatic heterocycles. The average molecular weight is 353 g/mol. The molecule has 2 aliphatic rings. The van der Waals surface area contributed by atoms with Crippen LogP contribution in [0.25, 0.3) is 0 Å². The van der Waals surface area contributed by atoms with Gasteiger partial charge in [0.15, 0.2) is 6.61 Å². The van der Waals surface area contributed by atoms with Gasteiger partial charge in [-0.3, -0.25) is 9.59 Å². The van der Waals surface area contributed by atoms with Crippen molar-refractivity contribution in [3.05, 3.63) is 54.8 Å². The predicted molar refractivity (Wildman–Crippen MR) is 100 cm³/mol. The minimum Gasteiger partial charge on any atom is -0.466 e. The zero-order chi connectivity index (χ0) is 18.5. The van der Waals surface area contributed by atoms with E-state index < -0.39 is 0 Å². The number of carbonyl (C=O) groups is 2. The first-order chi connectivity index (χ1) is 12.6. The van der Waals surface area contributed by atoms with Crippen molar-refractivity contribution in [2.75, 3.05) is 18.1 Å². The Labute approximate surface area is 153 Å². The van der Waals surface area contributed by atoms with E-state index in [0.717, 1.165) is 31.3 Å². The lowest BCUT2D eigenvalue weighted by atomic mass is 10.1. The highest BCUT2D eigenvalue weighted by molar-refractivity contribution is 6.01. The van der Waals surface area contributed by atoms with Gasteiger partial charge in [-0.25, -0.2) is 4.98 Å². The molecule has 0 radical (unpaired) electrons. The maximum atomic E-state index is 12.5. The van der Waals surface area contributed by atoms with Crippen LogP contribution in [0.3, 0.4) is 0 Å². The average Bonchev–Trinajstić information content (AvgIpc) is 3.15. The van der Waals surface area contributed by atoms with E-state index in [9.17, 15) is 9.59 Å². The Morgan fingerprint density at radius 3 is 2.85 bits per heavy atom. The number of allylic oxidation sites excluding steroid dienone is 2. The van der Waals surface area contributed by atoms with Gasteiger partial charge in [-0.1, -0.05) is 44.2 Å². The molecule has 1 N–H and O–H groups in total. The SMILES string of the molecule is C=C/C=C(\C=C)CN1C(=O)COc2ncc(C(=O)NC3CCCC3)cc21. The van der Waals surface area contributed by atoms with E-state index in [4.69, 9.17) is 4.74 Å². The van der Waals surface area contributed by atoms with Crippen molar-refractivity contribution >= 4 is 17.5 Å².